The standard InChI is InChI=1S/C21H23N3O3S/c25-20(22-21(7-8-21)14-4-2-1-3-5-14)18-17-11-13-10-16(13)19(17)24(23-18)15-6-9-28(26,27)12-15/h1-5,13,15-16H,6-12H2,(H,22,25)/t13-,15?,16-/m1/s1. The molecular formula is C21H23N3O3S. The second-order valence-corrected chi connectivity index (χ2v) is 11.2. The Labute approximate surface area is 164 Å². The molecule has 28 heavy (non-hydrogen) atoms. The number of hydrogen-bond donors (Lipinski definition) is 1. The molecule has 3 atom stereocenters. The third kappa shape index (κ3) is 2.48. The number of sulfone groups is 1. The molecule has 2 aromatic rings. The molecule has 1 aromatic carbocycles. The molecule has 0 spiro atoms. The Morgan fingerprint density at radius 2 is 2.00 bits per heavy atom. The van der Waals surface area contributed by atoms with Crippen molar-refractivity contribution in [2.75, 3.05) is 11.5 Å². The first-order chi connectivity index (χ1) is 13.5. The van der Waals surface area contributed by atoms with Gasteiger partial charge in [0, 0.05) is 17.2 Å². The Kier molecular flexibility index (Phi) is 3.27. The van der Waals surface area contributed by atoms with Crippen LogP contribution in [-0.2, 0) is 21.8 Å². The number of fused-ring (bicyclic) bond motifs is 3. The molecule has 6 nitrogen and oxygen atoms in total. The summed E-state index contributed by atoms with van der Waals surface area (Å²) in [5.74, 6) is 1.34. The van der Waals surface area contributed by atoms with E-state index in [1.807, 2.05) is 22.9 Å². The summed E-state index contributed by atoms with van der Waals surface area (Å²) in [5, 5.41) is 7.95. The molecule has 6 rings (SSSR count). The fourth-order valence-electron chi connectivity index (χ4n) is 5.22. The number of carbonyl (C=O) groups excluding carboxylic acids is 1. The number of nitrogens with zero attached hydrogens (tertiary/aromatic N) is 2. The number of benzene rings is 1. The average molecular weight is 398 g/mol. The lowest BCUT2D eigenvalue weighted by Gasteiger charge is -2.17. The molecule has 3 aliphatic carbocycles. The van der Waals surface area contributed by atoms with Crippen molar-refractivity contribution in [2.24, 2.45) is 5.92 Å². The number of nitrogens with one attached hydrogen (secondary N) is 1. The summed E-state index contributed by atoms with van der Waals surface area (Å²) in [6.07, 6.45) is 4.53. The molecular weight excluding hydrogens is 374 g/mol. The van der Waals surface area contributed by atoms with E-state index in [1.54, 1.807) is 0 Å². The van der Waals surface area contributed by atoms with Gasteiger partial charge >= 0.3 is 0 Å². The van der Waals surface area contributed by atoms with Crippen molar-refractivity contribution in [3.63, 3.8) is 0 Å². The van der Waals surface area contributed by atoms with Crippen molar-refractivity contribution >= 4 is 15.7 Å². The highest BCUT2D eigenvalue weighted by Gasteiger charge is 2.52. The van der Waals surface area contributed by atoms with E-state index in [9.17, 15) is 13.2 Å². The highest BCUT2D eigenvalue weighted by atomic mass is 32.2. The SMILES string of the molecule is O=C(NC1(c2ccccc2)CC1)c1nn(C2CCS(=O)(=O)C2)c2c1C[C@H]1C[C@@H]21. The minimum Gasteiger partial charge on any atom is -0.341 e. The number of rotatable bonds is 4. The smallest absolute Gasteiger partial charge is 0.272 e. The molecule has 1 N–H and O–H groups in total. The van der Waals surface area contributed by atoms with Crippen LogP contribution in [0.5, 0.6) is 0 Å². The van der Waals surface area contributed by atoms with Crippen LogP contribution >= 0.6 is 0 Å². The summed E-state index contributed by atoms with van der Waals surface area (Å²) < 4.78 is 25.9. The molecule has 1 saturated heterocycles. The van der Waals surface area contributed by atoms with Gasteiger partial charge in [-0.2, -0.15) is 5.10 Å². The van der Waals surface area contributed by atoms with Crippen molar-refractivity contribution in [1.29, 1.82) is 0 Å². The van der Waals surface area contributed by atoms with Crippen LogP contribution in [0.25, 0.3) is 0 Å². The van der Waals surface area contributed by atoms with E-state index in [0.717, 1.165) is 42.5 Å². The molecule has 4 aliphatic rings. The Balaban J connectivity index is 1.33. The molecule has 1 aliphatic heterocycles. The van der Waals surface area contributed by atoms with Gasteiger partial charge < -0.3 is 5.32 Å². The Morgan fingerprint density at radius 3 is 2.68 bits per heavy atom. The van der Waals surface area contributed by atoms with Gasteiger partial charge in [-0.05, 0) is 43.6 Å². The third-order valence-electron chi connectivity index (χ3n) is 6.99. The van der Waals surface area contributed by atoms with Gasteiger partial charge in [-0.3, -0.25) is 9.48 Å². The van der Waals surface area contributed by atoms with E-state index >= 15 is 0 Å². The molecule has 1 aromatic heterocycles. The number of amides is 1. The highest BCUT2D eigenvalue weighted by molar-refractivity contribution is 7.91. The lowest BCUT2D eigenvalue weighted by atomic mass is 10.0. The van der Waals surface area contributed by atoms with E-state index in [4.69, 9.17) is 5.10 Å². The fraction of sp³-hybridized carbons (Fsp3) is 0.524. The summed E-state index contributed by atoms with van der Waals surface area (Å²) in [4.78, 5) is 13.2. The van der Waals surface area contributed by atoms with Crippen molar-refractivity contribution in [3.05, 3.63) is 52.8 Å². The molecule has 0 radical (unpaired) electrons. The number of hydrogen-bond acceptors (Lipinski definition) is 4. The zero-order chi connectivity index (χ0) is 19.1. The molecule has 1 unspecified atom stereocenters. The molecule has 7 heteroatoms. The summed E-state index contributed by atoms with van der Waals surface area (Å²) in [6, 6.07) is 10.00. The van der Waals surface area contributed by atoms with Gasteiger partial charge in [-0.25, -0.2) is 8.42 Å². The van der Waals surface area contributed by atoms with Crippen LogP contribution < -0.4 is 5.32 Å². The highest BCUT2D eigenvalue weighted by Crippen LogP contribution is 2.57. The maximum absolute atomic E-state index is 13.2. The predicted octanol–water partition coefficient (Wildman–Crippen LogP) is 2.32. The zero-order valence-electron chi connectivity index (χ0n) is 15.6. The van der Waals surface area contributed by atoms with Crippen LogP contribution in [0.2, 0.25) is 0 Å². The van der Waals surface area contributed by atoms with Gasteiger partial charge in [0.15, 0.2) is 15.5 Å². The minimum absolute atomic E-state index is 0.112. The molecule has 146 valence electrons. The van der Waals surface area contributed by atoms with Crippen LogP contribution in [0.1, 0.15) is 65.0 Å². The fourth-order valence-corrected chi connectivity index (χ4v) is 6.91. The van der Waals surface area contributed by atoms with Gasteiger partial charge in [0.1, 0.15) is 0 Å². The summed E-state index contributed by atoms with van der Waals surface area (Å²) in [6.45, 7) is 0. The zero-order valence-corrected chi connectivity index (χ0v) is 16.4. The van der Waals surface area contributed by atoms with Crippen LogP contribution in [0, 0.1) is 5.92 Å². The van der Waals surface area contributed by atoms with E-state index in [2.05, 4.69) is 17.4 Å². The second-order valence-electron chi connectivity index (χ2n) is 8.92. The van der Waals surface area contributed by atoms with Crippen molar-refractivity contribution < 1.29 is 13.2 Å². The quantitative estimate of drug-likeness (QED) is 0.859. The van der Waals surface area contributed by atoms with Crippen LogP contribution in [0.3, 0.4) is 0 Å². The summed E-state index contributed by atoms with van der Waals surface area (Å²) in [7, 11) is -2.99. The molecule has 0 bridgehead atoms. The van der Waals surface area contributed by atoms with Crippen LogP contribution in [0.4, 0.5) is 0 Å². The first-order valence-corrected chi connectivity index (χ1v) is 12.0. The summed E-state index contributed by atoms with van der Waals surface area (Å²) >= 11 is 0. The first-order valence-electron chi connectivity index (χ1n) is 10.2. The maximum Gasteiger partial charge on any atom is 0.272 e. The maximum atomic E-state index is 13.2. The largest absolute Gasteiger partial charge is 0.341 e. The van der Waals surface area contributed by atoms with Crippen LogP contribution in [0.15, 0.2) is 30.3 Å². The van der Waals surface area contributed by atoms with Gasteiger partial charge in [0.25, 0.3) is 5.91 Å². The first kappa shape index (κ1) is 16.8. The minimum atomic E-state index is -2.99. The van der Waals surface area contributed by atoms with Gasteiger partial charge in [-0.1, -0.05) is 30.3 Å². The Hall–Kier alpha value is -2.15. The monoisotopic (exact) mass is 397 g/mol. The van der Waals surface area contributed by atoms with Crippen molar-refractivity contribution in [3.8, 4) is 0 Å². The lowest BCUT2D eigenvalue weighted by Crippen LogP contribution is -2.35. The topological polar surface area (TPSA) is 81.1 Å². The molecule has 1 amide bonds. The molecule has 3 fully saturated rings. The van der Waals surface area contributed by atoms with Gasteiger partial charge in [0.05, 0.1) is 23.1 Å². The number of aromatic nitrogens is 2. The average Bonchev–Trinajstić information content (AvgIpc) is 3.50. The lowest BCUT2D eigenvalue weighted by molar-refractivity contribution is 0.0923. The summed E-state index contributed by atoms with van der Waals surface area (Å²) in [5.41, 5.74) is 3.60. The molecule has 2 saturated carbocycles. The Bertz CT molecular complexity index is 1090. The number of carbonyl (C=O) groups is 1. The van der Waals surface area contributed by atoms with Crippen molar-refractivity contribution in [1.82, 2.24) is 15.1 Å². The normalized spacial score (nSPS) is 30.5. The second kappa shape index (κ2) is 5.47. The van der Waals surface area contributed by atoms with E-state index in [1.165, 1.54) is 0 Å². The van der Waals surface area contributed by atoms with E-state index in [0.29, 0.717) is 24.0 Å². The van der Waals surface area contributed by atoms with Crippen LogP contribution in [-0.4, -0.2) is 35.6 Å². The van der Waals surface area contributed by atoms with Crippen molar-refractivity contribution in [2.45, 2.75) is 49.6 Å². The van der Waals surface area contributed by atoms with Gasteiger partial charge in [-0.15, -0.1) is 0 Å². The van der Waals surface area contributed by atoms with Gasteiger partial charge in [0.2, 0.25) is 0 Å². The predicted molar refractivity (Wildman–Crippen MR) is 104 cm³/mol. The Morgan fingerprint density at radius 1 is 1.21 bits per heavy atom. The molecule has 2 heterocycles. The van der Waals surface area contributed by atoms with E-state index in [-0.39, 0.29) is 29.0 Å². The third-order valence-corrected chi connectivity index (χ3v) is 8.74. The van der Waals surface area contributed by atoms with E-state index < -0.39 is 9.84 Å².